The van der Waals surface area contributed by atoms with Gasteiger partial charge in [0.15, 0.2) is 0 Å². The predicted octanol–water partition coefficient (Wildman–Crippen LogP) is 2.39. The quantitative estimate of drug-likeness (QED) is 0.877. The molecule has 94 valence electrons. The summed E-state index contributed by atoms with van der Waals surface area (Å²) in [6.45, 7) is 1.00. The largest absolute Gasteiger partial charge is 0.497 e. The molecule has 1 aromatic carbocycles. The number of benzene rings is 1. The summed E-state index contributed by atoms with van der Waals surface area (Å²) in [5.74, 6) is 1.36. The number of nitrogens with two attached hydrogens (primary N) is 1. The van der Waals surface area contributed by atoms with Gasteiger partial charge in [-0.25, -0.2) is 4.98 Å². The molecule has 2 N–H and O–H groups in total. The van der Waals surface area contributed by atoms with Crippen molar-refractivity contribution in [3.63, 3.8) is 0 Å². The molecule has 0 bridgehead atoms. The van der Waals surface area contributed by atoms with Crippen LogP contribution in [-0.4, -0.2) is 12.1 Å². The van der Waals surface area contributed by atoms with E-state index in [4.69, 9.17) is 15.2 Å². The van der Waals surface area contributed by atoms with E-state index < -0.39 is 0 Å². The van der Waals surface area contributed by atoms with Crippen LogP contribution in [0.5, 0.6) is 5.75 Å². The first-order chi connectivity index (χ1) is 8.79. The van der Waals surface area contributed by atoms with E-state index >= 15 is 0 Å². The Morgan fingerprint density at radius 1 is 1.11 bits per heavy atom. The minimum Gasteiger partial charge on any atom is -0.497 e. The Kier molecular flexibility index (Phi) is 4.15. The lowest BCUT2D eigenvalue weighted by Gasteiger charge is -2.07. The number of ether oxygens (including phenoxy) is 2. The third kappa shape index (κ3) is 3.21. The zero-order valence-corrected chi connectivity index (χ0v) is 10.3. The van der Waals surface area contributed by atoms with Crippen LogP contribution in [0.3, 0.4) is 0 Å². The summed E-state index contributed by atoms with van der Waals surface area (Å²) < 4.78 is 10.7. The number of rotatable bonds is 5. The lowest BCUT2D eigenvalue weighted by molar-refractivity contribution is 0.107. The topological polar surface area (TPSA) is 57.4 Å². The summed E-state index contributed by atoms with van der Waals surface area (Å²) in [7, 11) is 1.65. The van der Waals surface area contributed by atoms with Crippen molar-refractivity contribution in [1.82, 2.24) is 4.98 Å². The van der Waals surface area contributed by atoms with Crippen molar-refractivity contribution in [3.8, 4) is 5.75 Å². The lowest BCUT2D eigenvalue weighted by atomic mass is 10.2. The second-order valence-electron chi connectivity index (χ2n) is 3.89. The number of nitrogens with zero attached hydrogens (tertiary/aromatic N) is 1. The molecule has 0 radical (unpaired) electrons. The molecule has 0 fully saturated rings. The number of methoxy groups -OCH3 is 1. The van der Waals surface area contributed by atoms with Gasteiger partial charge in [-0.1, -0.05) is 18.2 Å². The Morgan fingerprint density at radius 2 is 1.89 bits per heavy atom. The maximum Gasteiger partial charge on any atom is 0.128 e. The molecular formula is C14H16N2O2. The number of hydrogen-bond acceptors (Lipinski definition) is 4. The zero-order valence-electron chi connectivity index (χ0n) is 10.3. The summed E-state index contributed by atoms with van der Waals surface area (Å²) in [4.78, 5) is 4.01. The van der Waals surface area contributed by atoms with Crippen molar-refractivity contribution < 1.29 is 9.47 Å². The summed E-state index contributed by atoms with van der Waals surface area (Å²) in [5, 5.41) is 0. The van der Waals surface area contributed by atoms with E-state index in [1.165, 1.54) is 0 Å². The highest BCUT2D eigenvalue weighted by molar-refractivity contribution is 5.37. The van der Waals surface area contributed by atoms with Crippen molar-refractivity contribution >= 4 is 5.82 Å². The fourth-order valence-corrected chi connectivity index (χ4v) is 1.57. The van der Waals surface area contributed by atoms with E-state index in [1.807, 2.05) is 36.4 Å². The van der Waals surface area contributed by atoms with E-state index in [1.54, 1.807) is 13.3 Å². The van der Waals surface area contributed by atoms with Crippen molar-refractivity contribution in [2.75, 3.05) is 12.8 Å². The second-order valence-corrected chi connectivity index (χ2v) is 3.89. The minimum atomic E-state index is 0.464. The van der Waals surface area contributed by atoms with Crippen molar-refractivity contribution in [2.24, 2.45) is 0 Å². The van der Waals surface area contributed by atoms with Crippen LogP contribution in [0.15, 0.2) is 42.6 Å². The van der Waals surface area contributed by atoms with E-state index in [2.05, 4.69) is 4.98 Å². The Bertz CT molecular complexity index is 497. The summed E-state index contributed by atoms with van der Waals surface area (Å²) in [6.07, 6.45) is 1.67. The summed E-state index contributed by atoms with van der Waals surface area (Å²) in [6, 6.07) is 11.5. The van der Waals surface area contributed by atoms with Gasteiger partial charge in [0.25, 0.3) is 0 Å². The molecule has 0 atom stereocenters. The van der Waals surface area contributed by atoms with Crippen LogP contribution in [0, 0.1) is 0 Å². The number of aromatic nitrogens is 1. The summed E-state index contributed by atoms with van der Waals surface area (Å²) >= 11 is 0. The second kappa shape index (κ2) is 6.02. The molecule has 0 saturated heterocycles. The third-order valence-corrected chi connectivity index (χ3v) is 2.61. The minimum absolute atomic E-state index is 0.464. The molecule has 4 nitrogen and oxygen atoms in total. The van der Waals surface area contributed by atoms with Crippen LogP contribution in [0.2, 0.25) is 0 Å². The van der Waals surface area contributed by atoms with Gasteiger partial charge in [0.1, 0.15) is 11.6 Å². The Morgan fingerprint density at radius 3 is 2.56 bits per heavy atom. The van der Waals surface area contributed by atoms with Crippen LogP contribution in [0.1, 0.15) is 11.1 Å². The number of hydrogen-bond donors (Lipinski definition) is 1. The molecule has 4 heteroatoms. The fraction of sp³-hybridized carbons (Fsp3) is 0.214. The van der Waals surface area contributed by atoms with Crippen molar-refractivity contribution in [3.05, 3.63) is 53.7 Å². The highest BCUT2D eigenvalue weighted by atomic mass is 16.5. The molecule has 0 spiro atoms. The van der Waals surface area contributed by atoms with Crippen LogP contribution in [-0.2, 0) is 18.0 Å². The van der Waals surface area contributed by atoms with Gasteiger partial charge in [0.05, 0.1) is 20.3 Å². The number of anilines is 1. The van der Waals surface area contributed by atoms with E-state index in [-0.39, 0.29) is 0 Å². The van der Waals surface area contributed by atoms with Gasteiger partial charge in [-0.15, -0.1) is 0 Å². The standard InChI is InChI=1S/C14H16N2O2/c1-17-13-6-4-11(5-7-13)9-18-10-12-3-2-8-16-14(12)15/h2-8H,9-10H2,1H3,(H2,15,16). The van der Waals surface area contributed by atoms with Gasteiger partial charge in [-0.05, 0) is 23.8 Å². The fourth-order valence-electron chi connectivity index (χ4n) is 1.57. The van der Waals surface area contributed by atoms with E-state index in [9.17, 15) is 0 Å². The van der Waals surface area contributed by atoms with Gasteiger partial charge in [0.2, 0.25) is 0 Å². The molecule has 18 heavy (non-hydrogen) atoms. The first kappa shape index (κ1) is 12.4. The van der Waals surface area contributed by atoms with Gasteiger partial charge in [-0.3, -0.25) is 0 Å². The highest BCUT2D eigenvalue weighted by Crippen LogP contribution is 2.13. The first-order valence-corrected chi connectivity index (χ1v) is 5.69. The van der Waals surface area contributed by atoms with Gasteiger partial charge < -0.3 is 15.2 Å². The Hall–Kier alpha value is -2.07. The number of pyridine rings is 1. The number of nitrogen functional groups attached to an aromatic ring is 1. The average molecular weight is 244 g/mol. The molecule has 0 saturated carbocycles. The lowest BCUT2D eigenvalue weighted by Crippen LogP contribution is -2.00. The predicted molar refractivity (Wildman–Crippen MR) is 70.1 cm³/mol. The molecule has 2 aromatic rings. The monoisotopic (exact) mass is 244 g/mol. The molecule has 1 heterocycles. The maximum atomic E-state index is 5.73. The zero-order chi connectivity index (χ0) is 12.8. The molecule has 2 rings (SSSR count). The van der Waals surface area contributed by atoms with E-state index in [0.717, 1.165) is 16.9 Å². The van der Waals surface area contributed by atoms with Crippen LogP contribution < -0.4 is 10.5 Å². The Balaban J connectivity index is 1.86. The third-order valence-electron chi connectivity index (χ3n) is 2.61. The normalized spacial score (nSPS) is 10.3. The highest BCUT2D eigenvalue weighted by Gasteiger charge is 2.00. The van der Waals surface area contributed by atoms with E-state index in [0.29, 0.717) is 19.0 Å². The molecular weight excluding hydrogens is 228 g/mol. The van der Waals surface area contributed by atoms with Gasteiger partial charge in [-0.2, -0.15) is 0 Å². The molecule has 0 aliphatic carbocycles. The van der Waals surface area contributed by atoms with Crippen molar-refractivity contribution in [2.45, 2.75) is 13.2 Å². The smallest absolute Gasteiger partial charge is 0.128 e. The van der Waals surface area contributed by atoms with Gasteiger partial charge in [0, 0.05) is 11.8 Å². The molecule has 0 amide bonds. The van der Waals surface area contributed by atoms with Gasteiger partial charge >= 0.3 is 0 Å². The van der Waals surface area contributed by atoms with Crippen LogP contribution in [0.4, 0.5) is 5.82 Å². The Labute approximate surface area is 106 Å². The first-order valence-electron chi connectivity index (χ1n) is 5.69. The summed E-state index contributed by atoms with van der Waals surface area (Å²) in [5.41, 5.74) is 7.73. The SMILES string of the molecule is COc1ccc(COCc2cccnc2N)cc1. The van der Waals surface area contributed by atoms with Crippen LogP contribution >= 0.6 is 0 Å². The molecule has 0 aliphatic heterocycles. The molecule has 0 aliphatic rings. The maximum absolute atomic E-state index is 5.73. The van der Waals surface area contributed by atoms with Crippen LogP contribution in [0.25, 0.3) is 0 Å². The molecule has 0 unspecified atom stereocenters. The van der Waals surface area contributed by atoms with Crippen molar-refractivity contribution in [1.29, 1.82) is 0 Å². The average Bonchev–Trinajstić information content (AvgIpc) is 2.42. The molecule has 1 aromatic heterocycles.